The summed E-state index contributed by atoms with van der Waals surface area (Å²) < 4.78 is 1.80. The summed E-state index contributed by atoms with van der Waals surface area (Å²) in [5.74, 6) is 0.766. The highest BCUT2D eigenvalue weighted by Crippen LogP contribution is 2.33. The molecule has 8 nitrogen and oxygen atoms in total. The van der Waals surface area contributed by atoms with Crippen LogP contribution in [0.25, 0.3) is 33.3 Å². The fraction of sp³-hybridized carbons (Fsp3) is 0.304. The first-order chi connectivity index (χ1) is 15.0. The molecule has 1 aliphatic rings. The minimum absolute atomic E-state index is 0.150. The maximum atomic E-state index is 10.7. The van der Waals surface area contributed by atoms with Crippen molar-refractivity contribution in [3.8, 4) is 28.1 Å². The number of rotatable bonds is 3. The molecule has 4 aromatic rings. The van der Waals surface area contributed by atoms with Crippen molar-refractivity contribution in [2.24, 2.45) is 7.05 Å². The van der Waals surface area contributed by atoms with E-state index in [1.165, 1.54) is 0 Å². The number of aryl methyl sites for hydroxylation is 1. The van der Waals surface area contributed by atoms with Crippen molar-refractivity contribution in [1.29, 1.82) is 0 Å². The van der Waals surface area contributed by atoms with Crippen LogP contribution in [-0.2, 0) is 7.05 Å². The van der Waals surface area contributed by atoms with Gasteiger partial charge < -0.3 is 15.3 Å². The summed E-state index contributed by atoms with van der Waals surface area (Å²) in [5, 5.41) is 28.3. The average molecular weight is 416 g/mol. The van der Waals surface area contributed by atoms with Crippen LogP contribution in [-0.4, -0.2) is 55.2 Å². The molecule has 0 aliphatic carbocycles. The number of fused-ring (bicyclic) bond motifs is 1. The van der Waals surface area contributed by atoms with Gasteiger partial charge in [0, 0.05) is 49.4 Å². The summed E-state index contributed by atoms with van der Waals surface area (Å²) in [5.41, 5.74) is 4.05. The molecule has 1 fully saturated rings. The number of nitrogens with one attached hydrogen (secondary N) is 1. The van der Waals surface area contributed by atoms with Gasteiger partial charge in [0.2, 0.25) is 5.95 Å². The van der Waals surface area contributed by atoms with E-state index < -0.39 is 0 Å². The van der Waals surface area contributed by atoms with E-state index >= 15 is 0 Å². The lowest BCUT2D eigenvalue weighted by Crippen LogP contribution is -2.54. The lowest BCUT2D eigenvalue weighted by atomic mass is 10.0. The first-order valence-corrected chi connectivity index (χ1v) is 10.4. The zero-order valence-corrected chi connectivity index (χ0v) is 17.8. The number of phenolic OH excluding ortho intramolecular Hbond substituents is 1. The standard InChI is InChI=1S/C23H25N7O/c1-14-11-30(12-15(2)25-14)23-24-10-21(26-27-23)19-6-4-17(9-22(19)31)16-5-7-20-18(8-16)13-29(3)28-20/h4-10,13-15,25,31H,11-12H2,1-3H3/t14-,15+. The molecule has 158 valence electrons. The molecule has 5 rings (SSSR count). The zero-order chi connectivity index (χ0) is 21.5. The maximum Gasteiger partial charge on any atom is 0.245 e. The number of nitrogens with zero attached hydrogens (tertiary/aromatic N) is 6. The van der Waals surface area contributed by atoms with Crippen molar-refractivity contribution < 1.29 is 5.11 Å². The van der Waals surface area contributed by atoms with Crippen molar-refractivity contribution in [2.75, 3.05) is 18.0 Å². The average Bonchev–Trinajstić information content (AvgIpc) is 3.12. The molecular formula is C23H25N7O. The number of phenols is 1. The minimum Gasteiger partial charge on any atom is -0.507 e. The zero-order valence-electron chi connectivity index (χ0n) is 17.8. The Labute approximate surface area is 180 Å². The van der Waals surface area contributed by atoms with Crippen LogP contribution in [0.3, 0.4) is 0 Å². The van der Waals surface area contributed by atoms with Gasteiger partial charge in [-0.2, -0.15) is 5.10 Å². The predicted molar refractivity (Wildman–Crippen MR) is 121 cm³/mol. The van der Waals surface area contributed by atoms with Crippen LogP contribution < -0.4 is 10.2 Å². The largest absolute Gasteiger partial charge is 0.507 e. The van der Waals surface area contributed by atoms with Gasteiger partial charge in [-0.15, -0.1) is 10.2 Å². The van der Waals surface area contributed by atoms with E-state index in [2.05, 4.69) is 50.4 Å². The molecular weight excluding hydrogens is 390 g/mol. The molecule has 0 saturated carbocycles. The van der Waals surface area contributed by atoms with E-state index in [9.17, 15) is 5.11 Å². The van der Waals surface area contributed by atoms with E-state index in [1.54, 1.807) is 16.9 Å². The maximum absolute atomic E-state index is 10.7. The second-order valence-electron chi connectivity index (χ2n) is 8.33. The summed E-state index contributed by atoms with van der Waals surface area (Å²) in [6.45, 7) is 5.98. The number of piperazine rings is 1. The number of aromatic nitrogens is 5. The van der Waals surface area contributed by atoms with Crippen molar-refractivity contribution in [1.82, 2.24) is 30.3 Å². The predicted octanol–water partition coefficient (Wildman–Crippen LogP) is 2.98. The summed E-state index contributed by atoms with van der Waals surface area (Å²) in [6.07, 6.45) is 3.66. The van der Waals surface area contributed by atoms with Gasteiger partial charge in [0.1, 0.15) is 11.4 Å². The van der Waals surface area contributed by atoms with E-state index in [0.717, 1.165) is 35.1 Å². The van der Waals surface area contributed by atoms with Crippen LogP contribution >= 0.6 is 0 Å². The lowest BCUT2D eigenvalue weighted by Gasteiger charge is -2.35. The van der Waals surface area contributed by atoms with E-state index in [4.69, 9.17) is 0 Å². The molecule has 0 amide bonds. The smallest absolute Gasteiger partial charge is 0.245 e. The topological polar surface area (TPSA) is 92.0 Å². The van der Waals surface area contributed by atoms with Crippen molar-refractivity contribution >= 4 is 16.9 Å². The molecule has 31 heavy (non-hydrogen) atoms. The van der Waals surface area contributed by atoms with Gasteiger partial charge in [0.05, 0.1) is 11.7 Å². The van der Waals surface area contributed by atoms with Gasteiger partial charge in [-0.1, -0.05) is 12.1 Å². The van der Waals surface area contributed by atoms with Crippen molar-refractivity contribution in [3.05, 3.63) is 48.8 Å². The van der Waals surface area contributed by atoms with E-state index in [-0.39, 0.29) is 5.75 Å². The Hall–Kier alpha value is -3.52. The third-order valence-electron chi connectivity index (χ3n) is 5.62. The molecule has 2 aromatic heterocycles. The fourth-order valence-corrected chi connectivity index (χ4v) is 4.28. The first-order valence-electron chi connectivity index (χ1n) is 10.4. The Kier molecular flexibility index (Phi) is 4.78. The molecule has 0 bridgehead atoms. The SMILES string of the molecule is C[C@@H]1CN(c2ncc(-c3ccc(-c4ccc5nn(C)cc5c4)cc3O)nn2)C[C@H](C)N1. The molecule has 1 saturated heterocycles. The molecule has 3 heterocycles. The Morgan fingerprint density at radius 1 is 1.00 bits per heavy atom. The number of hydrogen-bond acceptors (Lipinski definition) is 7. The van der Waals surface area contributed by atoms with Gasteiger partial charge >= 0.3 is 0 Å². The fourth-order valence-electron chi connectivity index (χ4n) is 4.28. The van der Waals surface area contributed by atoms with Crippen LogP contribution in [0.1, 0.15) is 13.8 Å². The van der Waals surface area contributed by atoms with Crippen LogP contribution in [0.15, 0.2) is 48.8 Å². The van der Waals surface area contributed by atoms with Gasteiger partial charge in [-0.3, -0.25) is 4.68 Å². The molecule has 0 radical (unpaired) electrons. The van der Waals surface area contributed by atoms with Crippen molar-refractivity contribution in [3.63, 3.8) is 0 Å². The highest BCUT2D eigenvalue weighted by molar-refractivity contribution is 5.85. The Bertz CT molecular complexity index is 1220. The first kappa shape index (κ1) is 19.4. The van der Waals surface area contributed by atoms with Crippen LogP contribution in [0.2, 0.25) is 0 Å². The minimum atomic E-state index is 0.150. The van der Waals surface area contributed by atoms with E-state index in [1.807, 2.05) is 37.5 Å². The summed E-state index contributed by atoms with van der Waals surface area (Å²) >= 11 is 0. The normalized spacial score (nSPS) is 19.1. The highest BCUT2D eigenvalue weighted by atomic mass is 16.3. The second kappa shape index (κ2) is 7.63. The monoisotopic (exact) mass is 415 g/mol. The molecule has 0 unspecified atom stereocenters. The molecule has 2 atom stereocenters. The van der Waals surface area contributed by atoms with Gasteiger partial charge in [0.15, 0.2) is 0 Å². The van der Waals surface area contributed by atoms with Crippen molar-refractivity contribution in [2.45, 2.75) is 25.9 Å². The van der Waals surface area contributed by atoms with Gasteiger partial charge in [-0.25, -0.2) is 4.98 Å². The van der Waals surface area contributed by atoms with E-state index in [0.29, 0.717) is 29.3 Å². The number of hydrogen-bond donors (Lipinski definition) is 2. The van der Waals surface area contributed by atoms with Crippen LogP contribution in [0.4, 0.5) is 5.95 Å². The molecule has 1 aliphatic heterocycles. The molecule has 2 aromatic carbocycles. The van der Waals surface area contributed by atoms with Crippen LogP contribution in [0.5, 0.6) is 5.75 Å². The Morgan fingerprint density at radius 2 is 1.74 bits per heavy atom. The summed E-state index contributed by atoms with van der Waals surface area (Å²) in [4.78, 5) is 6.65. The lowest BCUT2D eigenvalue weighted by molar-refractivity contribution is 0.402. The quantitative estimate of drug-likeness (QED) is 0.531. The number of benzene rings is 2. The highest BCUT2D eigenvalue weighted by Gasteiger charge is 2.23. The second-order valence-corrected chi connectivity index (χ2v) is 8.33. The molecule has 0 spiro atoms. The van der Waals surface area contributed by atoms with Gasteiger partial charge in [0.25, 0.3) is 0 Å². The molecule has 2 N–H and O–H groups in total. The third kappa shape index (κ3) is 3.82. The Morgan fingerprint density at radius 3 is 2.45 bits per heavy atom. The van der Waals surface area contributed by atoms with Crippen LogP contribution in [0, 0.1) is 0 Å². The summed E-state index contributed by atoms with van der Waals surface area (Å²) in [7, 11) is 1.91. The third-order valence-corrected chi connectivity index (χ3v) is 5.62. The van der Waals surface area contributed by atoms with Gasteiger partial charge in [-0.05, 0) is 49.2 Å². The number of aromatic hydroxyl groups is 1. The molecule has 8 heteroatoms. The summed E-state index contributed by atoms with van der Waals surface area (Å²) in [6, 6.07) is 12.4. The number of anilines is 1. The Balaban J connectivity index is 1.40.